The Morgan fingerprint density at radius 3 is 2.84 bits per heavy atom. The molecule has 1 aliphatic heterocycles. The van der Waals surface area contributed by atoms with Crippen molar-refractivity contribution in [1.82, 2.24) is 14.6 Å². The van der Waals surface area contributed by atoms with E-state index in [9.17, 15) is 17.6 Å². The lowest BCUT2D eigenvalue weighted by Gasteiger charge is -2.26. The molecule has 0 bridgehead atoms. The van der Waals surface area contributed by atoms with Crippen LogP contribution in [0.2, 0.25) is 0 Å². The number of fused-ring (bicyclic) bond motifs is 1. The summed E-state index contributed by atoms with van der Waals surface area (Å²) < 4.78 is 48.3. The summed E-state index contributed by atoms with van der Waals surface area (Å²) in [5.41, 5.74) is 0.679. The maximum absolute atomic E-state index is 13.5. The summed E-state index contributed by atoms with van der Waals surface area (Å²) in [6.07, 6.45) is 1.74. The maximum Gasteiger partial charge on any atom is 0.267 e. The lowest BCUT2D eigenvalue weighted by molar-refractivity contribution is 0.0955. The third-order valence-electron chi connectivity index (χ3n) is 4.06. The first-order valence-electron chi connectivity index (χ1n) is 7.65. The largest absolute Gasteiger partial charge is 0.493 e. The number of rotatable bonds is 4. The molecule has 1 atom stereocenters. The van der Waals surface area contributed by atoms with Crippen LogP contribution in [0.1, 0.15) is 28.5 Å². The molecule has 1 aromatic heterocycles. The Balaban J connectivity index is 1.91. The number of ether oxygens (including phenoxy) is 1. The Bertz CT molecular complexity index is 923. The molecule has 2 N–H and O–H groups in total. The van der Waals surface area contributed by atoms with Gasteiger partial charge in [-0.1, -0.05) is 0 Å². The molecule has 0 radical (unpaired) electrons. The first-order valence-corrected chi connectivity index (χ1v) is 9.13. The van der Waals surface area contributed by atoms with Crippen LogP contribution in [-0.4, -0.2) is 32.5 Å². The molecular weight excluding hydrogens is 349 g/mol. The summed E-state index contributed by atoms with van der Waals surface area (Å²) >= 11 is 0. The fraction of sp³-hybridized carbons (Fsp3) is 0.312. The van der Waals surface area contributed by atoms with Crippen LogP contribution in [0.15, 0.2) is 35.4 Å². The van der Waals surface area contributed by atoms with Crippen molar-refractivity contribution in [3.8, 4) is 5.75 Å². The molecule has 1 amide bonds. The molecule has 0 fully saturated rings. The zero-order valence-electron chi connectivity index (χ0n) is 13.7. The van der Waals surface area contributed by atoms with Gasteiger partial charge < -0.3 is 14.6 Å². The topological polar surface area (TPSA) is 89.4 Å². The Hall–Kier alpha value is -2.39. The van der Waals surface area contributed by atoms with Crippen molar-refractivity contribution in [1.29, 1.82) is 0 Å². The van der Waals surface area contributed by atoms with Gasteiger partial charge in [-0.3, -0.25) is 4.79 Å². The van der Waals surface area contributed by atoms with Crippen LogP contribution < -0.4 is 14.8 Å². The molecule has 25 heavy (non-hydrogen) atoms. The van der Waals surface area contributed by atoms with Gasteiger partial charge in [0, 0.05) is 32.3 Å². The number of halogens is 1. The average Bonchev–Trinajstić information content (AvgIpc) is 2.97. The van der Waals surface area contributed by atoms with E-state index < -0.39 is 21.9 Å². The number of hydrogen-bond acceptors (Lipinski definition) is 4. The predicted octanol–water partition coefficient (Wildman–Crippen LogP) is 1.33. The number of aromatic nitrogens is 1. The summed E-state index contributed by atoms with van der Waals surface area (Å²) in [7, 11) is -0.834. The number of carbonyl (C=O) groups is 1. The van der Waals surface area contributed by atoms with Gasteiger partial charge in [-0.25, -0.2) is 17.5 Å². The molecule has 0 spiro atoms. The first kappa shape index (κ1) is 17.4. The number of benzene rings is 1. The van der Waals surface area contributed by atoms with Crippen LogP contribution in [0, 0.1) is 5.82 Å². The highest BCUT2D eigenvalue weighted by Gasteiger charge is 2.28. The second-order valence-corrected chi connectivity index (χ2v) is 7.46. The van der Waals surface area contributed by atoms with Crippen molar-refractivity contribution in [3.05, 3.63) is 47.5 Å². The number of amides is 1. The fourth-order valence-corrected chi connectivity index (χ4v) is 4.10. The minimum Gasteiger partial charge on any atom is -0.493 e. The van der Waals surface area contributed by atoms with E-state index in [1.54, 1.807) is 7.05 Å². The van der Waals surface area contributed by atoms with Gasteiger partial charge in [0.25, 0.3) is 5.91 Å². The minimum absolute atomic E-state index is 0.0296. The van der Waals surface area contributed by atoms with Crippen molar-refractivity contribution >= 4 is 15.9 Å². The molecule has 2 aromatic rings. The monoisotopic (exact) mass is 367 g/mol. The Labute approximate surface area is 144 Å². The Morgan fingerprint density at radius 2 is 2.12 bits per heavy atom. The Kier molecular flexibility index (Phi) is 4.53. The highest BCUT2D eigenvalue weighted by atomic mass is 32.2. The minimum atomic E-state index is -3.89. The van der Waals surface area contributed by atoms with E-state index in [2.05, 4.69) is 10.0 Å². The van der Waals surface area contributed by atoms with E-state index in [0.29, 0.717) is 24.3 Å². The molecule has 1 aromatic carbocycles. The van der Waals surface area contributed by atoms with E-state index in [1.807, 2.05) is 0 Å². The second kappa shape index (κ2) is 6.49. The first-order chi connectivity index (χ1) is 11.8. The van der Waals surface area contributed by atoms with Gasteiger partial charge in [0.05, 0.1) is 12.6 Å². The molecule has 0 saturated carbocycles. The average molecular weight is 367 g/mol. The number of nitrogens with one attached hydrogen (secondary N) is 2. The van der Waals surface area contributed by atoms with Crippen molar-refractivity contribution < 1.29 is 22.3 Å². The van der Waals surface area contributed by atoms with Gasteiger partial charge in [-0.2, -0.15) is 0 Å². The molecular formula is C16H18FN3O4S. The van der Waals surface area contributed by atoms with Crippen LogP contribution in [0.3, 0.4) is 0 Å². The van der Waals surface area contributed by atoms with E-state index in [1.165, 1.54) is 42.1 Å². The van der Waals surface area contributed by atoms with Gasteiger partial charge in [-0.15, -0.1) is 0 Å². The number of carbonyl (C=O) groups excluding carboxylic acids is 1. The van der Waals surface area contributed by atoms with Gasteiger partial charge in [0.2, 0.25) is 10.0 Å². The third kappa shape index (κ3) is 3.38. The molecule has 2 heterocycles. The van der Waals surface area contributed by atoms with Gasteiger partial charge in [0.1, 0.15) is 22.2 Å². The lowest BCUT2D eigenvalue weighted by atomic mass is 10.0. The highest BCUT2D eigenvalue weighted by Crippen LogP contribution is 2.33. The van der Waals surface area contributed by atoms with Crippen molar-refractivity contribution in [2.45, 2.75) is 17.4 Å². The third-order valence-corrected chi connectivity index (χ3v) is 5.50. The van der Waals surface area contributed by atoms with Crippen LogP contribution in [0.25, 0.3) is 0 Å². The predicted molar refractivity (Wildman–Crippen MR) is 88.4 cm³/mol. The smallest absolute Gasteiger partial charge is 0.267 e. The van der Waals surface area contributed by atoms with E-state index in [4.69, 9.17) is 4.74 Å². The van der Waals surface area contributed by atoms with Crippen molar-refractivity contribution in [2.75, 3.05) is 13.7 Å². The molecule has 0 saturated heterocycles. The highest BCUT2D eigenvalue weighted by molar-refractivity contribution is 7.89. The van der Waals surface area contributed by atoms with Crippen LogP contribution in [0.4, 0.5) is 4.39 Å². The van der Waals surface area contributed by atoms with Crippen LogP contribution in [0.5, 0.6) is 5.75 Å². The van der Waals surface area contributed by atoms with Crippen molar-refractivity contribution in [2.24, 2.45) is 7.05 Å². The summed E-state index contributed by atoms with van der Waals surface area (Å²) in [5.74, 6) is -0.392. The molecule has 0 aliphatic carbocycles. The summed E-state index contributed by atoms with van der Waals surface area (Å²) in [4.78, 5) is 11.7. The molecule has 134 valence electrons. The molecule has 9 heteroatoms. The number of aryl methyl sites for hydroxylation is 1. The maximum atomic E-state index is 13.5. The normalized spacial score (nSPS) is 16.8. The summed E-state index contributed by atoms with van der Waals surface area (Å²) in [6, 6.07) is 4.71. The molecule has 3 rings (SSSR count). The molecule has 1 aliphatic rings. The quantitative estimate of drug-likeness (QED) is 0.853. The fourth-order valence-electron chi connectivity index (χ4n) is 2.78. The lowest BCUT2D eigenvalue weighted by Crippen LogP contribution is -2.32. The second-order valence-electron chi connectivity index (χ2n) is 5.74. The van der Waals surface area contributed by atoms with Gasteiger partial charge in [-0.05, 0) is 24.3 Å². The summed E-state index contributed by atoms with van der Waals surface area (Å²) in [5, 5.41) is 2.45. The standard InChI is InChI=1S/C16H18FN3O4S/c1-18-16(21)14-8-11(9-20(14)2)25(22,23)19-13-5-6-24-15-4-3-10(17)7-12(13)15/h3-4,7-9,13,19H,5-6H2,1-2H3,(H,18,21). The van der Waals surface area contributed by atoms with Crippen LogP contribution >= 0.6 is 0 Å². The van der Waals surface area contributed by atoms with E-state index in [-0.39, 0.29) is 16.5 Å². The number of nitrogens with zero attached hydrogens (tertiary/aromatic N) is 1. The SMILES string of the molecule is CNC(=O)c1cc(S(=O)(=O)NC2CCOc3ccc(F)cc32)cn1C. The molecule has 7 nitrogen and oxygen atoms in total. The van der Waals surface area contributed by atoms with Crippen LogP contribution in [-0.2, 0) is 17.1 Å². The van der Waals surface area contributed by atoms with Crippen molar-refractivity contribution in [3.63, 3.8) is 0 Å². The van der Waals surface area contributed by atoms with E-state index >= 15 is 0 Å². The molecule has 1 unspecified atom stereocenters. The zero-order valence-corrected chi connectivity index (χ0v) is 14.6. The number of sulfonamides is 1. The van der Waals surface area contributed by atoms with E-state index in [0.717, 1.165) is 0 Å². The summed E-state index contributed by atoms with van der Waals surface area (Å²) in [6.45, 7) is 0.324. The Morgan fingerprint density at radius 1 is 1.36 bits per heavy atom. The number of hydrogen-bond donors (Lipinski definition) is 2. The van der Waals surface area contributed by atoms with Gasteiger partial charge >= 0.3 is 0 Å². The van der Waals surface area contributed by atoms with Gasteiger partial charge in [0.15, 0.2) is 0 Å². The zero-order chi connectivity index (χ0) is 18.2.